The minimum absolute atomic E-state index is 0.534. The smallest absolute Gasteiger partial charge is 0.103 e. The van der Waals surface area contributed by atoms with Gasteiger partial charge in [0.1, 0.15) is 4.64 Å². The van der Waals surface area contributed by atoms with E-state index in [1.54, 1.807) is 0 Å². The summed E-state index contributed by atoms with van der Waals surface area (Å²) in [5.74, 6) is 0. The summed E-state index contributed by atoms with van der Waals surface area (Å²) < 4.78 is 0.819. The summed E-state index contributed by atoms with van der Waals surface area (Å²) >= 11 is 5.06. The molecular weight excluding hydrogens is 180 g/mol. The van der Waals surface area contributed by atoms with Crippen LogP contribution in [0.4, 0.5) is 0 Å². The standard InChI is InChI=1S/C10H14N2S/c1-7-5-10(13)12-6-8(7)9-3-2-4-11-9/h5-6,9,11H,2-4H2,1H3,(H,12,13). The Kier molecular flexibility index (Phi) is 2.47. The van der Waals surface area contributed by atoms with Crippen molar-refractivity contribution in [1.29, 1.82) is 0 Å². The molecule has 1 aliphatic heterocycles. The summed E-state index contributed by atoms with van der Waals surface area (Å²) in [5, 5.41) is 3.48. The van der Waals surface area contributed by atoms with Gasteiger partial charge in [0, 0.05) is 12.2 Å². The summed E-state index contributed by atoms with van der Waals surface area (Å²) in [5.41, 5.74) is 2.66. The largest absolute Gasteiger partial charge is 0.353 e. The molecular formula is C10H14N2S. The van der Waals surface area contributed by atoms with E-state index in [9.17, 15) is 0 Å². The van der Waals surface area contributed by atoms with Crippen molar-refractivity contribution in [3.05, 3.63) is 28.0 Å². The maximum atomic E-state index is 5.06. The van der Waals surface area contributed by atoms with Crippen LogP contribution in [-0.2, 0) is 0 Å². The fourth-order valence-electron chi connectivity index (χ4n) is 1.91. The molecule has 0 radical (unpaired) electrons. The summed E-state index contributed by atoms with van der Waals surface area (Å²) in [6.07, 6.45) is 4.56. The van der Waals surface area contributed by atoms with Crippen LogP contribution in [0.3, 0.4) is 0 Å². The molecule has 0 amide bonds. The van der Waals surface area contributed by atoms with Crippen LogP contribution in [-0.4, -0.2) is 11.5 Å². The van der Waals surface area contributed by atoms with E-state index < -0.39 is 0 Å². The highest BCUT2D eigenvalue weighted by Crippen LogP contribution is 2.24. The lowest BCUT2D eigenvalue weighted by Crippen LogP contribution is -2.14. The average molecular weight is 194 g/mol. The lowest BCUT2D eigenvalue weighted by molar-refractivity contribution is 0.640. The molecule has 1 aromatic rings. The van der Waals surface area contributed by atoms with Crippen LogP contribution in [0.25, 0.3) is 0 Å². The molecule has 3 heteroatoms. The maximum absolute atomic E-state index is 5.06. The van der Waals surface area contributed by atoms with Gasteiger partial charge in [0.05, 0.1) is 0 Å². The normalized spacial score (nSPS) is 22.1. The van der Waals surface area contributed by atoms with E-state index >= 15 is 0 Å². The predicted molar refractivity (Wildman–Crippen MR) is 56.3 cm³/mol. The van der Waals surface area contributed by atoms with E-state index in [1.165, 1.54) is 24.0 Å². The third-order valence-corrected chi connectivity index (χ3v) is 2.84. The molecule has 0 bridgehead atoms. The van der Waals surface area contributed by atoms with E-state index in [4.69, 9.17) is 12.2 Å². The molecule has 13 heavy (non-hydrogen) atoms. The second-order valence-corrected chi connectivity index (χ2v) is 4.02. The third-order valence-electron chi connectivity index (χ3n) is 2.61. The van der Waals surface area contributed by atoms with Crippen molar-refractivity contribution in [2.45, 2.75) is 25.8 Å². The van der Waals surface area contributed by atoms with E-state index in [-0.39, 0.29) is 0 Å². The van der Waals surface area contributed by atoms with Gasteiger partial charge < -0.3 is 10.3 Å². The van der Waals surface area contributed by atoms with Gasteiger partial charge in [0.15, 0.2) is 0 Å². The number of aromatic amines is 1. The minimum atomic E-state index is 0.534. The molecule has 0 saturated carbocycles. The fourth-order valence-corrected chi connectivity index (χ4v) is 2.15. The SMILES string of the molecule is Cc1cc(=S)[nH]cc1C1CCCN1. The van der Waals surface area contributed by atoms with Gasteiger partial charge in [-0.05, 0) is 43.5 Å². The molecule has 1 aromatic heterocycles. The van der Waals surface area contributed by atoms with Gasteiger partial charge in [0.25, 0.3) is 0 Å². The maximum Gasteiger partial charge on any atom is 0.103 e. The number of aryl methyl sites for hydroxylation is 1. The number of hydrogen-bond donors (Lipinski definition) is 2. The topological polar surface area (TPSA) is 27.8 Å². The van der Waals surface area contributed by atoms with E-state index in [2.05, 4.69) is 17.2 Å². The molecule has 1 fully saturated rings. The van der Waals surface area contributed by atoms with Crippen LogP contribution in [0.15, 0.2) is 12.3 Å². The van der Waals surface area contributed by atoms with Crippen LogP contribution in [0.2, 0.25) is 0 Å². The average Bonchev–Trinajstić information content (AvgIpc) is 2.56. The number of H-pyrrole nitrogens is 1. The second-order valence-electron chi connectivity index (χ2n) is 3.58. The molecule has 0 spiro atoms. The number of hydrogen-bond acceptors (Lipinski definition) is 2. The molecule has 2 heterocycles. The number of nitrogens with one attached hydrogen (secondary N) is 2. The van der Waals surface area contributed by atoms with Crippen LogP contribution >= 0.6 is 12.2 Å². The Bertz CT molecular complexity index is 350. The van der Waals surface area contributed by atoms with Crippen molar-refractivity contribution in [2.75, 3.05) is 6.54 Å². The van der Waals surface area contributed by atoms with Gasteiger partial charge >= 0.3 is 0 Å². The molecule has 1 aliphatic rings. The molecule has 70 valence electrons. The van der Waals surface area contributed by atoms with Crippen LogP contribution in [0, 0.1) is 11.6 Å². The summed E-state index contributed by atoms with van der Waals surface area (Å²) in [6.45, 7) is 3.26. The molecule has 0 aliphatic carbocycles. The molecule has 2 rings (SSSR count). The van der Waals surface area contributed by atoms with Crippen LogP contribution in [0.5, 0.6) is 0 Å². The van der Waals surface area contributed by atoms with E-state index in [0.717, 1.165) is 11.2 Å². The van der Waals surface area contributed by atoms with Gasteiger partial charge in [0.2, 0.25) is 0 Å². The van der Waals surface area contributed by atoms with Crippen molar-refractivity contribution >= 4 is 12.2 Å². The van der Waals surface area contributed by atoms with E-state index in [1.807, 2.05) is 12.3 Å². The van der Waals surface area contributed by atoms with Gasteiger partial charge in [-0.3, -0.25) is 0 Å². The Hall–Kier alpha value is -0.670. The quantitative estimate of drug-likeness (QED) is 0.672. The highest BCUT2D eigenvalue weighted by molar-refractivity contribution is 7.71. The first-order valence-corrected chi connectivity index (χ1v) is 5.11. The van der Waals surface area contributed by atoms with Gasteiger partial charge in [-0.1, -0.05) is 12.2 Å². The van der Waals surface area contributed by atoms with Crippen molar-refractivity contribution in [2.24, 2.45) is 0 Å². The Labute approximate surface area is 83.4 Å². The minimum Gasteiger partial charge on any atom is -0.353 e. The van der Waals surface area contributed by atoms with Crippen molar-refractivity contribution in [3.8, 4) is 0 Å². The highest BCUT2D eigenvalue weighted by atomic mass is 32.1. The van der Waals surface area contributed by atoms with Gasteiger partial charge in [-0.15, -0.1) is 0 Å². The zero-order valence-electron chi connectivity index (χ0n) is 7.76. The molecule has 2 nitrogen and oxygen atoms in total. The van der Waals surface area contributed by atoms with Crippen LogP contribution < -0.4 is 5.32 Å². The Morgan fingerprint density at radius 3 is 3.00 bits per heavy atom. The number of rotatable bonds is 1. The highest BCUT2D eigenvalue weighted by Gasteiger charge is 2.17. The fraction of sp³-hybridized carbons (Fsp3) is 0.500. The van der Waals surface area contributed by atoms with Crippen molar-refractivity contribution in [3.63, 3.8) is 0 Å². The first-order valence-electron chi connectivity index (χ1n) is 4.70. The monoisotopic (exact) mass is 194 g/mol. The summed E-state index contributed by atoms with van der Waals surface area (Å²) in [6, 6.07) is 2.57. The second kappa shape index (κ2) is 3.60. The number of aromatic nitrogens is 1. The Morgan fingerprint density at radius 1 is 1.54 bits per heavy atom. The third kappa shape index (κ3) is 1.81. The molecule has 1 atom stereocenters. The lowest BCUT2D eigenvalue weighted by atomic mass is 10.0. The van der Waals surface area contributed by atoms with Gasteiger partial charge in [-0.25, -0.2) is 0 Å². The van der Waals surface area contributed by atoms with Gasteiger partial charge in [-0.2, -0.15) is 0 Å². The number of pyridine rings is 1. The Morgan fingerprint density at radius 2 is 2.38 bits per heavy atom. The zero-order valence-corrected chi connectivity index (χ0v) is 8.58. The Balaban J connectivity index is 2.34. The lowest BCUT2D eigenvalue weighted by Gasteiger charge is -2.12. The summed E-state index contributed by atoms with van der Waals surface area (Å²) in [4.78, 5) is 3.09. The molecule has 0 aromatic carbocycles. The molecule has 2 N–H and O–H groups in total. The first-order chi connectivity index (χ1) is 6.27. The zero-order chi connectivity index (χ0) is 9.26. The van der Waals surface area contributed by atoms with E-state index in [0.29, 0.717) is 6.04 Å². The van der Waals surface area contributed by atoms with Crippen molar-refractivity contribution < 1.29 is 0 Å². The molecule has 1 saturated heterocycles. The predicted octanol–water partition coefficient (Wildman–Crippen LogP) is 2.48. The first kappa shape index (κ1) is 8.91. The van der Waals surface area contributed by atoms with Crippen molar-refractivity contribution in [1.82, 2.24) is 10.3 Å². The summed E-state index contributed by atoms with van der Waals surface area (Å²) in [7, 11) is 0. The van der Waals surface area contributed by atoms with Crippen LogP contribution in [0.1, 0.15) is 30.0 Å². The molecule has 1 unspecified atom stereocenters.